The van der Waals surface area contributed by atoms with E-state index in [-0.39, 0.29) is 5.41 Å². The van der Waals surface area contributed by atoms with Gasteiger partial charge in [0.1, 0.15) is 17.7 Å². The number of aromatic nitrogens is 2. The Bertz CT molecular complexity index is 3090. The standard InChI is InChI=1S/C51H39N5S/c1-50(2)42-15-9-10-16-43(42)56-46-47(50)52-31-53-48(46)51(3,4)54-49(56)36-21-20-34-28-33(18-19-35(34)29-36)32-22-24-38(25-23-32)55(37-12-6-5-7-13-37)39-26-27-45-41(30-39)40-14-8-11-17-44(40)57-45/h5-31H,1-4H3. The molecule has 0 atom stereocenters. The molecule has 0 amide bonds. The zero-order chi connectivity index (χ0) is 38.5. The molecule has 2 aliphatic rings. The lowest BCUT2D eigenvalue weighted by molar-refractivity contribution is 0.516. The number of hydrogen-bond donors (Lipinski definition) is 0. The number of aliphatic imine (C=N–C) groups is 1. The van der Waals surface area contributed by atoms with Crippen LogP contribution in [0.4, 0.5) is 28.4 Å². The molecule has 7 aromatic carbocycles. The molecule has 57 heavy (non-hydrogen) atoms. The van der Waals surface area contributed by atoms with Crippen LogP contribution in [-0.2, 0) is 11.0 Å². The van der Waals surface area contributed by atoms with Crippen LogP contribution in [0.1, 0.15) is 50.2 Å². The maximum atomic E-state index is 5.41. The van der Waals surface area contributed by atoms with Gasteiger partial charge >= 0.3 is 0 Å². The topological polar surface area (TPSA) is 44.6 Å². The molecule has 4 heterocycles. The average molecular weight is 754 g/mol. The van der Waals surface area contributed by atoms with Gasteiger partial charge in [-0.25, -0.2) is 9.97 Å². The van der Waals surface area contributed by atoms with Gasteiger partial charge in [0.15, 0.2) is 0 Å². The lowest BCUT2D eigenvalue weighted by atomic mass is 9.74. The zero-order valence-corrected chi connectivity index (χ0v) is 33.0. The zero-order valence-electron chi connectivity index (χ0n) is 32.2. The van der Waals surface area contributed by atoms with Crippen LogP contribution in [0.25, 0.3) is 42.1 Å². The smallest absolute Gasteiger partial charge is 0.141 e. The van der Waals surface area contributed by atoms with E-state index in [4.69, 9.17) is 15.0 Å². The van der Waals surface area contributed by atoms with E-state index in [0.29, 0.717) is 0 Å². The third-order valence-electron chi connectivity index (χ3n) is 11.8. The number of benzene rings is 7. The third-order valence-corrected chi connectivity index (χ3v) is 13.0. The second-order valence-electron chi connectivity index (χ2n) is 16.2. The molecule has 5 nitrogen and oxygen atoms in total. The number of hydrogen-bond acceptors (Lipinski definition) is 6. The SMILES string of the molecule is CC1(C)N=C(c2ccc3cc(-c4ccc(N(c5ccccc5)c5ccc6sc7ccccc7c6c5)cc4)ccc3c2)N2c3ccccc3C(C)(C)c3ncnc1c32. The second-order valence-corrected chi connectivity index (χ2v) is 17.2. The molecule has 274 valence electrons. The third kappa shape index (κ3) is 5.24. The summed E-state index contributed by atoms with van der Waals surface area (Å²) in [7, 11) is 0. The molecule has 0 N–H and O–H groups in total. The highest BCUT2D eigenvalue weighted by Gasteiger charge is 2.46. The summed E-state index contributed by atoms with van der Waals surface area (Å²) in [5, 5.41) is 4.94. The summed E-state index contributed by atoms with van der Waals surface area (Å²) in [5.74, 6) is 0.919. The normalized spacial score (nSPS) is 15.0. The highest BCUT2D eigenvalue weighted by molar-refractivity contribution is 7.25. The molecule has 2 aromatic heterocycles. The minimum absolute atomic E-state index is 0.274. The monoisotopic (exact) mass is 753 g/mol. The first-order valence-electron chi connectivity index (χ1n) is 19.5. The Kier molecular flexibility index (Phi) is 7.35. The molecule has 9 aromatic rings. The van der Waals surface area contributed by atoms with E-state index in [2.05, 4.69) is 195 Å². The first-order chi connectivity index (χ1) is 27.7. The van der Waals surface area contributed by atoms with Crippen molar-refractivity contribution >= 4 is 76.6 Å². The molecular formula is C51H39N5S. The first-order valence-corrected chi connectivity index (χ1v) is 20.3. The molecule has 0 saturated carbocycles. The van der Waals surface area contributed by atoms with Crippen molar-refractivity contribution in [1.29, 1.82) is 0 Å². The van der Waals surface area contributed by atoms with Gasteiger partial charge in [-0.15, -0.1) is 11.3 Å². The molecule has 0 radical (unpaired) electrons. The molecule has 0 fully saturated rings. The largest absolute Gasteiger partial charge is 0.310 e. The maximum absolute atomic E-state index is 5.41. The lowest BCUT2D eigenvalue weighted by Crippen LogP contribution is -2.44. The van der Waals surface area contributed by atoms with Gasteiger partial charge in [-0.1, -0.05) is 91.0 Å². The summed E-state index contributed by atoms with van der Waals surface area (Å²) < 4.78 is 2.62. The van der Waals surface area contributed by atoms with E-state index in [1.54, 1.807) is 6.33 Å². The summed E-state index contributed by atoms with van der Waals surface area (Å²) in [6, 6.07) is 57.3. The van der Waals surface area contributed by atoms with E-state index in [0.717, 1.165) is 51.2 Å². The van der Waals surface area contributed by atoms with Gasteiger partial charge < -0.3 is 4.90 Å². The minimum Gasteiger partial charge on any atom is -0.310 e. The van der Waals surface area contributed by atoms with Crippen LogP contribution in [-0.4, -0.2) is 15.8 Å². The Labute approximate surface area is 336 Å². The number of para-hydroxylation sites is 2. The van der Waals surface area contributed by atoms with Crippen molar-refractivity contribution in [2.75, 3.05) is 9.80 Å². The molecule has 6 heteroatoms. The van der Waals surface area contributed by atoms with Gasteiger partial charge in [0, 0.05) is 48.2 Å². The summed E-state index contributed by atoms with van der Waals surface area (Å²) in [5.41, 5.74) is 11.4. The quantitative estimate of drug-likeness (QED) is 0.176. The number of thiophene rings is 1. The van der Waals surface area contributed by atoms with E-state index >= 15 is 0 Å². The molecule has 0 bridgehead atoms. The maximum Gasteiger partial charge on any atom is 0.141 e. The van der Waals surface area contributed by atoms with Crippen molar-refractivity contribution in [3.05, 3.63) is 187 Å². The molecule has 0 saturated heterocycles. The Hall–Kier alpha value is -6.63. The number of rotatable bonds is 5. The molecule has 0 spiro atoms. The number of amidine groups is 1. The van der Waals surface area contributed by atoms with Crippen molar-refractivity contribution in [3.63, 3.8) is 0 Å². The fourth-order valence-corrected chi connectivity index (χ4v) is 10.1. The van der Waals surface area contributed by atoms with Crippen LogP contribution in [0.15, 0.2) is 169 Å². The molecular weight excluding hydrogens is 715 g/mol. The van der Waals surface area contributed by atoms with Gasteiger partial charge in [0.2, 0.25) is 0 Å². The first kappa shape index (κ1) is 33.7. The Morgan fingerprint density at radius 3 is 1.98 bits per heavy atom. The van der Waals surface area contributed by atoms with Gasteiger partial charge in [0.05, 0.1) is 22.8 Å². The summed E-state index contributed by atoms with van der Waals surface area (Å²) >= 11 is 1.85. The van der Waals surface area contributed by atoms with Crippen LogP contribution in [0.5, 0.6) is 0 Å². The van der Waals surface area contributed by atoms with Gasteiger partial charge in [0.25, 0.3) is 0 Å². The van der Waals surface area contributed by atoms with Crippen molar-refractivity contribution < 1.29 is 0 Å². The molecule has 2 aliphatic heterocycles. The number of nitrogens with zero attached hydrogens (tertiary/aromatic N) is 5. The van der Waals surface area contributed by atoms with Gasteiger partial charge in [-0.2, -0.15) is 0 Å². The van der Waals surface area contributed by atoms with Gasteiger partial charge in [-0.05, 0) is 122 Å². The Morgan fingerprint density at radius 1 is 0.526 bits per heavy atom. The van der Waals surface area contributed by atoms with Crippen LogP contribution >= 0.6 is 11.3 Å². The van der Waals surface area contributed by atoms with E-state index < -0.39 is 5.54 Å². The molecule has 11 rings (SSSR count). The fraction of sp³-hybridized carbons (Fsp3) is 0.118. The van der Waals surface area contributed by atoms with Crippen molar-refractivity contribution in [3.8, 4) is 11.1 Å². The van der Waals surface area contributed by atoms with E-state index in [1.807, 2.05) is 11.3 Å². The second kappa shape index (κ2) is 12.4. The predicted molar refractivity (Wildman–Crippen MR) is 239 cm³/mol. The molecule has 0 aliphatic carbocycles. The highest BCUT2D eigenvalue weighted by Crippen LogP contribution is 2.53. The number of fused-ring (bicyclic) bond motifs is 6. The van der Waals surface area contributed by atoms with Crippen molar-refractivity contribution in [1.82, 2.24) is 9.97 Å². The Morgan fingerprint density at radius 2 is 1.16 bits per heavy atom. The fourth-order valence-electron chi connectivity index (χ4n) is 8.97. The van der Waals surface area contributed by atoms with Gasteiger partial charge in [-0.3, -0.25) is 9.89 Å². The number of anilines is 5. The van der Waals surface area contributed by atoms with E-state index in [9.17, 15) is 0 Å². The highest BCUT2D eigenvalue weighted by atomic mass is 32.1. The average Bonchev–Trinajstić information content (AvgIpc) is 3.61. The van der Waals surface area contributed by atoms with Crippen LogP contribution < -0.4 is 9.80 Å². The van der Waals surface area contributed by atoms with Crippen LogP contribution in [0.2, 0.25) is 0 Å². The van der Waals surface area contributed by atoms with Crippen molar-refractivity contribution in [2.24, 2.45) is 4.99 Å². The summed E-state index contributed by atoms with van der Waals surface area (Å²) in [4.78, 5) is 19.8. The summed E-state index contributed by atoms with van der Waals surface area (Å²) in [6.07, 6.45) is 1.71. The minimum atomic E-state index is -0.521. The lowest BCUT2D eigenvalue weighted by Gasteiger charge is -2.46. The predicted octanol–water partition coefficient (Wildman–Crippen LogP) is 13.6. The Balaban J connectivity index is 0.951. The molecule has 0 unspecified atom stereocenters. The van der Waals surface area contributed by atoms with Crippen LogP contribution in [0, 0.1) is 0 Å². The van der Waals surface area contributed by atoms with Crippen LogP contribution in [0.3, 0.4) is 0 Å². The summed E-state index contributed by atoms with van der Waals surface area (Å²) in [6.45, 7) is 8.83. The van der Waals surface area contributed by atoms with Crippen molar-refractivity contribution in [2.45, 2.75) is 38.6 Å². The van der Waals surface area contributed by atoms with E-state index in [1.165, 1.54) is 47.6 Å².